The second-order valence-corrected chi connectivity index (χ2v) is 8.24. The quantitative estimate of drug-likeness (QED) is 0.698. The molecule has 0 N–H and O–H groups in total. The van der Waals surface area contributed by atoms with Crippen LogP contribution in [0.5, 0.6) is 0 Å². The fraction of sp³-hybridized carbons (Fsp3) is 0.375. The lowest BCUT2D eigenvalue weighted by atomic mass is 10.1. The number of carbonyl (C=O) groups is 1. The van der Waals surface area contributed by atoms with Crippen LogP contribution < -0.4 is 0 Å². The summed E-state index contributed by atoms with van der Waals surface area (Å²) < 4.78 is 26.2. The van der Waals surface area contributed by atoms with Crippen LogP contribution in [-0.2, 0) is 16.9 Å². The summed E-state index contributed by atoms with van der Waals surface area (Å²) in [7, 11) is 1.77. The van der Waals surface area contributed by atoms with Gasteiger partial charge in [-0.15, -0.1) is 0 Å². The van der Waals surface area contributed by atoms with Crippen molar-refractivity contribution < 1.29 is 13.2 Å². The Kier molecular flexibility index (Phi) is 5.79. The molecule has 0 atom stereocenters. The highest BCUT2D eigenvalue weighted by Gasteiger charge is 2.24. The number of hydrogen-bond acceptors (Lipinski definition) is 5. The lowest BCUT2D eigenvalue weighted by Gasteiger charge is -2.10. The van der Waals surface area contributed by atoms with E-state index in [9.17, 15) is 13.2 Å². The Morgan fingerprint density at radius 2 is 1.88 bits per heavy atom. The fourth-order valence-corrected chi connectivity index (χ4v) is 3.85. The molecule has 0 saturated carbocycles. The molecular weight excluding hydrogens is 350 g/mol. The van der Waals surface area contributed by atoms with Gasteiger partial charge in [-0.05, 0) is 51.3 Å². The minimum absolute atomic E-state index is 0.00932. The summed E-state index contributed by atoms with van der Waals surface area (Å²) in [5.41, 5.74) is 0.655. The van der Waals surface area contributed by atoms with Crippen molar-refractivity contribution in [3.05, 3.63) is 46.7 Å². The van der Waals surface area contributed by atoms with E-state index in [0.29, 0.717) is 23.6 Å². The molecule has 1 aromatic heterocycles. The highest BCUT2D eigenvalue weighted by molar-refractivity contribution is 7.91. The Morgan fingerprint density at radius 1 is 1.25 bits per heavy atom. The average Bonchev–Trinajstić information content (AvgIpc) is 2.89. The first-order valence-electron chi connectivity index (χ1n) is 7.42. The van der Waals surface area contributed by atoms with Crippen molar-refractivity contribution in [3.8, 4) is 0 Å². The third-order valence-electron chi connectivity index (χ3n) is 3.58. The fourth-order valence-electron chi connectivity index (χ4n) is 2.30. The summed E-state index contributed by atoms with van der Waals surface area (Å²) in [6.45, 7) is 0.667. The Balaban J connectivity index is 2.24. The van der Waals surface area contributed by atoms with Gasteiger partial charge in [0.1, 0.15) is 5.69 Å². The standard InChI is InChI=1S/C16H20ClN3O3S/c1-19(2)9-4-10-24(22,23)16-18-11-14(20(16)3)15(21)12-5-7-13(17)8-6-12/h5-8,11H,4,9-10H2,1-3H3. The summed E-state index contributed by atoms with van der Waals surface area (Å²) in [5, 5.41) is 0.444. The van der Waals surface area contributed by atoms with Crippen LogP contribution in [0.25, 0.3) is 0 Å². The van der Waals surface area contributed by atoms with Crippen LogP contribution in [0.4, 0.5) is 0 Å². The molecule has 0 aliphatic carbocycles. The van der Waals surface area contributed by atoms with Crippen molar-refractivity contribution in [3.63, 3.8) is 0 Å². The van der Waals surface area contributed by atoms with Crippen LogP contribution in [0.2, 0.25) is 5.02 Å². The predicted molar refractivity (Wildman–Crippen MR) is 93.3 cm³/mol. The van der Waals surface area contributed by atoms with Gasteiger partial charge in [-0.1, -0.05) is 11.6 Å². The molecule has 0 radical (unpaired) electrons. The Morgan fingerprint density at radius 3 is 2.46 bits per heavy atom. The van der Waals surface area contributed by atoms with Crippen molar-refractivity contribution in [2.45, 2.75) is 11.6 Å². The van der Waals surface area contributed by atoms with Crippen LogP contribution in [0, 0.1) is 0 Å². The molecule has 0 aliphatic heterocycles. The van der Waals surface area contributed by atoms with Gasteiger partial charge in [0.2, 0.25) is 20.8 Å². The highest BCUT2D eigenvalue weighted by atomic mass is 35.5. The summed E-state index contributed by atoms with van der Waals surface area (Å²) in [6.07, 6.45) is 1.80. The topological polar surface area (TPSA) is 72.3 Å². The molecule has 130 valence electrons. The van der Waals surface area contributed by atoms with Gasteiger partial charge in [-0.25, -0.2) is 13.4 Å². The maximum Gasteiger partial charge on any atom is 0.227 e. The number of sulfone groups is 1. The van der Waals surface area contributed by atoms with E-state index in [4.69, 9.17) is 11.6 Å². The zero-order valence-corrected chi connectivity index (χ0v) is 15.4. The van der Waals surface area contributed by atoms with Gasteiger partial charge in [0.25, 0.3) is 0 Å². The second-order valence-electron chi connectivity index (χ2n) is 5.80. The maximum atomic E-state index is 12.5. The van der Waals surface area contributed by atoms with Crippen molar-refractivity contribution >= 4 is 27.2 Å². The third kappa shape index (κ3) is 4.23. The van der Waals surface area contributed by atoms with E-state index in [2.05, 4.69) is 4.98 Å². The lowest BCUT2D eigenvalue weighted by Crippen LogP contribution is -2.19. The van der Waals surface area contributed by atoms with Crippen LogP contribution in [0.3, 0.4) is 0 Å². The maximum absolute atomic E-state index is 12.5. The normalized spacial score (nSPS) is 11.9. The Bertz CT molecular complexity index is 827. The molecule has 8 heteroatoms. The monoisotopic (exact) mass is 369 g/mol. The molecule has 0 amide bonds. The predicted octanol–water partition coefficient (Wildman–Crippen LogP) is 2.03. The first kappa shape index (κ1) is 18.6. The van der Waals surface area contributed by atoms with E-state index >= 15 is 0 Å². The molecule has 0 spiro atoms. The number of halogens is 1. The molecule has 2 rings (SSSR count). The molecule has 6 nitrogen and oxygen atoms in total. The van der Waals surface area contributed by atoms with Crippen LogP contribution >= 0.6 is 11.6 Å². The minimum atomic E-state index is -3.54. The smallest absolute Gasteiger partial charge is 0.227 e. The summed E-state index contributed by atoms with van der Waals surface area (Å²) in [5.74, 6) is -0.304. The third-order valence-corrected chi connectivity index (χ3v) is 5.59. The lowest BCUT2D eigenvalue weighted by molar-refractivity contribution is 0.103. The molecule has 0 aliphatic rings. The van der Waals surface area contributed by atoms with Crippen molar-refractivity contribution in [1.82, 2.24) is 14.5 Å². The van der Waals surface area contributed by atoms with E-state index in [1.54, 1.807) is 24.3 Å². The molecule has 2 aromatic rings. The number of imidazole rings is 1. The molecule has 0 fully saturated rings. The number of ketones is 1. The zero-order chi connectivity index (χ0) is 17.9. The van der Waals surface area contributed by atoms with Crippen LogP contribution in [0.1, 0.15) is 22.5 Å². The number of hydrogen-bond donors (Lipinski definition) is 0. The second kappa shape index (κ2) is 7.46. The molecule has 0 bridgehead atoms. The summed E-state index contributed by atoms with van der Waals surface area (Å²) in [4.78, 5) is 18.4. The van der Waals surface area contributed by atoms with Gasteiger partial charge in [-0.2, -0.15) is 0 Å². The first-order chi connectivity index (χ1) is 11.2. The van der Waals surface area contributed by atoms with E-state index in [1.165, 1.54) is 17.8 Å². The van der Waals surface area contributed by atoms with E-state index in [-0.39, 0.29) is 22.4 Å². The van der Waals surface area contributed by atoms with Gasteiger partial charge >= 0.3 is 0 Å². The van der Waals surface area contributed by atoms with Crippen molar-refractivity contribution in [2.75, 3.05) is 26.4 Å². The Labute approximate surface area is 147 Å². The minimum Gasteiger partial charge on any atom is -0.315 e. The first-order valence-corrected chi connectivity index (χ1v) is 9.45. The largest absolute Gasteiger partial charge is 0.315 e. The molecule has 1 aromatic carbocycles. The van der Waals surface area contributed by atoms with Crippen LogP contribution in [0.15, 0.2) is 35.6 Å². The van der Waals surface area contributed by atoms with Gasteiger partial charge < -0.3 is 9.47 Å². The van der Waals surface area contributed by atoms with Gasteiger partial charge in [0.15, 0.2) is 0 Å². The van der Waals surface area contributed by atoms with Gasteiger partial charge in [0.05, 0.1) is 11.9 Å². The zero-order valence-electron chi connectivity index (χ0n) is 13.9. The molecule has 24 heavy (non-hydrogen) atoms. The average molecular weight is 370 g/mol. The van der Waals surface area contributed by atoms with Crippen molar-refractivity contribution in [1.29, 1.82) is 0 Å². The van der Waals surface area contributed by atoms with E-state index in [1.807, 2.05) is 19.0 Å². The Hall–Kier alpha value is -1.70. The molecular formula is C16H20ClN3O3S. The van der Waals surface area contributed by atoms with Crippen molar-refractivity contribution in [2.24, 2.45) is 7.05 Å². The summed E-state index contributed by atoms with van der Waals surface area (Å²) >= 11 is 5.82. The number of aromatic nitrogens is 2. The van der Waals surface area contributed by atoms with E-state index < -0.39 is 9.84 Å². The molecule has 0 unspecified atom stereocenters. The number of nitrogens with zero attached hydrogens (tertiary/aromatic N) is 3. The molecule has 0 saturated heterocycles. The van der Waals surface area contributed by atoms with Gasteiger partial charge in [0, 0.05) is 17.6 Å². The van der Waals surface area contributed by atoms with Gasteiger partial charge in [-0.3, -0.25) is 4.79 Å². The SMILES string of the molecule is CN(C)CCCS(=O)(=O)c1ncc(C(=O)c2ccc(Cl)cc2)n1C. The highest BCUT2D eigenvalue weighted by Crippen LogP contribution is 2.17. The molecule has 1 heterocycles. The van der Waals surface area contributed by atoms with Crippen LogP contribution in [-0.4, -0.2) is 55.0 Å². The number of benzene rings is 1. The summed E-state index contributed by atoms with van der Waals surface area (Å²) in [6, 6.07) is 6.43. The van der Waals surface area contributed by atoms with E-state index in [0.717, 1.165) is 0 Å². The number of carbonyl (C=O) groups excluding carboxylic acids is 1. The number of rotatable bonds is 7.